The van der Waals surface area contributed by atoms with Gasteiger partial charge in [-0.3, -0.25) is 0 Å². The number of hydrogen-bond acceptors (Lipinski definition) is 3. The molecule has 0 aliphatic rings. The van der Waals surface area contributed by atoms with Gasteiger partial charge in [-0.25, -0.2) is 4.98 Å². The summed E-state index contributed by atoms with van der Waals surface area (Å²) in [4.78, 5) is 6.23. The van der Waals surface area contributed by atoms with Crippen molar-refractivity contribution < 1.29 is 5.21 Å². The lowest BCUT2D eigenvalue weighted by atomic mass is 10.3. The van der Waals surface area contributed by atoms with Crippen LogP contribution in [0.3, 0.4) is 0 Å². The van der Waals surface area contributed by atoms with E-state index in [1.54, 1.807) is 0 Å². The average molecular weight is 317 g/mol. The summed E-state index contributed by atoms with van der Waals surface area (Å²) in [6.45, 7) is 0. The summed E-state index contributed by atoms with van der Waals surface area (Å²) < 4.78 is 1.87. The fourth-order valence-corrected chi connectivity index (χ4v) is 1.33. The number of oxime groups is 1. The molecule has 1 heterocycles. The lowest BCUT2D eigenvalue weighted by Gasteiger charge is -1.94. The fraction of sp³-hybridized carbons (Fsp3) is 0.200. The lowest BCUT2D eigenvalue weighted by molar-refractivity contribution is 0.321. The molecular formula is C10H12IN3O. The molecule has 1 aromatic heterocycles. The maximum absolute atomic E-state index is 8.39. The molecule has 1 aromatic carbocycles. The van der Waals surface area contributed by atoms with Crippen molar-refractivity contribution in [2.75, 3.05) is 4.93 Å². The van der Waals surface area contributed by atoms with Crippen molar-refractivity contribution in [2.24, 2.45) is 12.2 Å². The van der Waals surface area contributed by atoms with E-state index in [1.165, 1.54) is 6.21 Å². The molecular weight excluding hydrogens is 305 g/mol. The minimum Gasteiger partial charge on any atom is -0.411 e. The molecule has 0 unspecified atom stereocenters. The highest BCUT2D eigenvalue weighted by atomic mass is 127. The number of benzene rings is 1. The molecule has 0 fully saturated rings. The number of hydrogen-bond donors (Lipinski definition) is 1. The summed E-state index contributed by atoms with van der Waals surface area (Å²) in [7, 11) is 1.88. The predicted octanol–water partition coefficient (Wildman–Crippen LogP) is 2.43. The van der Waals surface area contributed by atoms with Crippen LogP contribution >= 0.6 is 22.6 Å². The molecule has 4 nitrogen and oxygen atoms in total. The van der Waals surface area contributed by atoms with Crippen LogP contribution in [0.1, 0.15) is 5.82 Å². The second kappa shape index (κ2) is 5.69. The third-order valence-corrected chi connectivity index (χ3v) is 1.99. The quantitative estimate of drug-likeness (QED) is 0.289. The zero-order valence-corrected chi connectivity index (χ0v) is 10.7. The maximum atomic E-state index is 8.39. The van der Waals surface area contributed by atoms with E-state index >= 15 is 0 Å². The van der Waals surface area contributed by atoms with Gasteiger partial charge < -0.3 is 9.77 Å². The van der Waals surface area contributed by atoms with Crippen molar-refractivity contribution in [3.05, 3.63) is 30.1 Å². The topological polar surface area (TPSA) is 50.4 Å². The number of alkyl halides is 1. The van der Waals surface area contributed by atoms with Gasteiger partial charge >= 0.3 is 0 Å². The van der Waals surface area contributed by atoms with Gasteiger partial charge in [0.25, 0.3) is 0 Å². The van der Waals surface area contributed by atoms with E-state index in [2.05, 4.69) is 32.7 Å². The smallest absolute Gasteiger partial charge is 0.155 e. The molecule has 0 saturated heterocycles. The average Bonchev–Trinajstić information content (AvgIpc) is 2.60. The molecule has 0 bridgehead atoms. The molecule has 2 rings (SSSR count). The first-order chi connectivity index (χ1) is 7.33. The van der Waals surface area contributed by atoms with Crippen molar-refractivity contribution in [3.63, 3.8) is 0 Å². The molecule has 15 heavy (non-hydrogen) atoms. The van der Waals surface area contributed by atoms with Crippen LogP contribution in [0.25, 0.3) is 11.0 Å². The number of fused-ring (bicyclic) bond motifs is 1. The van der Waals surface area contributed by atoms with Gasteiger partial charge in [0.15, 0.2) is 5.82 Å². The molecule has 80 valence electrons. The molecule has 1 N–H and O–H groups in total. The Morgan fingerprint density at radius 1 is 1.40 bits per heavy atom. The number of halogens is 1. The molecule has 5 heteroatoms. The van der Waals surface area contributed by atoms with Crippen molar-refractivity contribution in [2.45, 2.75) is 0 Å². The molecule has 2 aromatic rings. The van der Waals surface area contributed by atoms with E-state index in [0.717, 1.165) is 11.0 Å². The minimum atomic E-state index is 0.642. The summed E-state index contributed by atoms with van der Waals surface area (Å²) in [6.07, 6.45) is 1.32. The van der Waals surface area contributed by atoms with E-state index in [9.17, 15) is 0 Å². The Hall–Kier alpha value is -1.11. The highest BCUT2D eigenvalue weighted by Crippen LogP contribution is 2.12. The van der Waals surface area contributed by atoms with Gasteiger partial charge in [-0.15, -0.1) is 0 Å². The van der Waals surface area contributed by atoms with Crippen LogP contribution in [0.4, 0.5) is 0 Å². The van der Waals surface area contributed by atoms with Gasteiger partial charge in [0.05, 0.1) is 11.0 Å². The Morgan fingerprint density at radius 3 is 2.67 bits per heavy atom. The SMILES string of the molecule is CI.Cn1c(/C=N\O)nc2ccccc21. The van der Waals surface area contributed by atoms with E-state index in [-0.39, 0.29) is 0 Å². The lowest BCUT2D eigenvalue weighted by Crippen LogP contribution is -1.95. The normalized spacial score (nSPS) is 10.3. The Balaban J connectivity index is 0.000000531. The predicted molar refractivity (Wildman–Crippen MR) is 70.0 cm³/mol. The van der Waals surface area contributed by atoms with E-state index in [1.807, 2.05) is 40.8 Å². The van der Waals surface area contributed by atoms with Gasteiger partial charge in [-0.05, 0) is 17.1 Å². The van der Waals surface area contributed by atoms with Gasteiger partial charge in [-0.2, -0.15) is 0 Å². The molecule has 0 aliphatic carbocycles. The second-order valence-electron chi connectivity index (χ2n) is 2.76. The highest BCUT2D eigenvalue weighted by Gasteiger charge is 2.03. The van der Waals surface area contributed by atoms with E-state index in [0.29, 0.717) is 5.82 Å². The van der Waals surface area contributed by atoms with Gasteiger partial charge in [0.2, 0.25) is 0 Å². The standard InChI is InChI=1S/C9H9N3O.CH3I/c1-12-8-5-3-2-4-7(8)11-9(12)6-10-13;1-2/h2-6,13H,1H3;1H3/b10-6-;. The first-order valence-corrected chi connectivity index (χ1v) is 6.45. The molecule has 0 spiro atoms. The summed E-state index contributed by atoms with van der Waals surface area (Å²) in [5.74, 6) is 0.642. The second-order valence-corrected chi connectivity index (χ2v) is 2.76. The number of rotatable bonds is 1. The third kappa shape index (κ3) is 2.47. The van der Waals surface area contributed by atoms with Gasteiger partial charge in [0.1, 0.15) is 6.21 Å². The highest BCUT2D eigenvalue weighted by molar-refractivity contribution is 14.1. The van der Waals surface area contributed by atoms with Gasteiger partial charge in [0, 0.05) is 7.05 Å². The Labute approximate surface area is 102 Å². The molecule has 0 atom stereocenters. The Morgan fingerprint density at radius 2 is 2.07 bits per heavy atom. The summed E-state index contributed by atoms with van der Waals surface area (Å²) >= 11 is 2.15. The summed E-state index contributed by atoms with van der Waals surface area (Å²) in [5.41, 5.74) is 1.93. The summed E-state index contributed by atoms with van der Waals surface area (Å²) in [6, 6.07) is 7.76. The number of imidazole rings is 1. The van der Waals surface area contributed by atoms with E-state index in [4.69, 9.17) is 5.21 Å². The first kappa shape index (κ1) is 12.0. The van der Waals surface area contributed by atoms with Gasteiger partial charge in [-0.1, -0.05) is 39.9 Å². The van der Waals surface area contributed by atoms with Crippen LogP contribution in [0.5, 0.6) is 0 Å². The molecule has 0 saturated carbocycles. The Bertz CT molecular complexity index is 465. The first-order valence-electron chi connectivity index (χ1n) is 4.29. The van der Waals surface area contributed by atoms with Crippen LogP contribution in [-0.4, -0.2) is 25.9 Å². The van der Waals surface area contributed by atoms with Crippen LogP contribution in [0.15, 0.2) is 29.4 Å². The summed E-state index contributed by atoms with van der Waals surface area (Å²) in [5, 5.41) is 11.3. The van der Waals surface area contributed by atoms with Crippen LogP contribution in [0, 0.1) is 0 Å². The van der Waals surface area contributed by atoms with Crippen molar-refractivity contribution in [1.29, 1.82) is 0 Å². The number of aryl methyl sites for hydroxylation is 1. The zero-order valence-electron chi connectivity index (χ0n) is 8.55. The maximum Gasteiger partial charge on any atom is 0.155 e. The minimum absolute atomic E-state index is 0.642. The Kier molecular flexibility index (Phi) is 4.54. The fourth-order valence-electron chi connectivity index (χ4n) is 1.33. The van der Waals surface area contributed by atoms with Crippen molar-refractivity contribution >= 4 is 39.8 Å². The van der Waals surface area contributed by atoms with Crippen molar-refractivity contribution in [1.82, 2.24) is 9.55 Å². The molecule has 0 aliphatic heterocycles. The van der Waals surface area contributed by atoms with Crippen molar-refractivity contribution in [3.8, 4) is 0 Å². The molecule has 0 radical (unpaired) electrons. The largest absolute Gasteiger partial charge is 0.411 e. The number of nitrogens with zero attached hydrogens (tertiary/aromatic N) is 3. The zero-order chi connectivity index (χ0) is 11.3. The number of para-hydroxylation sites is 2. The van der Waals surface area contributed by atoms with Crippen LogP contribution < -0.4 is 0 Å². The van der Waals surface area contributed by atoms with Crippen LogP contribution in [0.2, 0.25) is 0 Å². The monoisotopic (exact) mass is 317 g/mol. The van der Waals surface area contributed by atoms with E-state index < -0.39 is 0 Å². The third-order valence-electron chi connectivity index (χ3n) is 1.99. The number of aromatic nitrogens is 2. The van der Waals surface area contributed by atoms with Crippen LogP contribution in [-0.2, 0) is 7.05 Å². The molecule has 0 amide bonds.